The smallest absolute Gasteiger partial charge is 0.324 e. The molecule has 2 rings (SSSR count). The minimum Gasteiger partial charge on any atom is -0.324 e. The first kappa shape index (κ1) is 15.5. The molecule has 1 nitrogen and oxygen atoms in total. The van der Waals surface area contributed by atoms with Crippen LogP contribution in [-0.4, -0.2) is 0 Å². The standard InChI is InChI=1S/C16H15F4N/c17-14-8-7-12(16(18,19)20)10-13(14)15(21)9-6-11-4-2-1-3-5-11/h1-5,7-8,10,15H,6,9,21H2. The summed E-state index contributed by atoms with van der Waals surface area (Å²) in [4.78, 5) is 0. The van der Waals surface area contributed by atoms with E-state index in [-0.39, 0.29) is 5.56 Å². The van der Waals surface area contributed by atoms with E-state index in [2.05, 4.69) is 0 Å². The molecule has 21 heavy (non-hydrogen) atoms. The summed E-state index contributed by atoms with van der Waals surface area (Å²) in [6.07, 6.45) is -3.54. The summed E-state index contributed by atoms with van der Waals surface area (Å²) >= 11 is 0. The molecule has 2 aromatic rings. The third-order valence-corrected chi connectivity index (χ3v) is 3.31. The fraction of sp³-hybridized carbons (Fsp3) is 0.250. The third kappa shape index (κ3) is 4.04. The number of benzene rings is 2. The van der Waals surface area contributed by atoms with Gasteiger partial charge in [-0.25, -0.2) is 4.39 Å². The van der Waals surface area contributed by atoms with Crippen LogP contribution in [0.15, 0.2) is 48.5 Å². The highest BCUT2D eigenvalue weighted by Crippen LogP contribution is 2.32. The number of halogens is 4. The number of rotatable bonds is 4. The molecule has 0 saturated carbocycles. The highest BCUT2D eigenvalue weighted by atomic mass is 19.4. The van der Waals surface area contributed by atoms with Crippen molar-refractivity contribution >= 4 is 0 Å². The molecule has 0 aromatic heterocycles. The van der Waals surface area contributed by atoms with Gasteiger partial charge in [-0.15, -0.1) is 0 Å². The number of hydrogen-bond acceptors (Lipinski definition) is 1. The largest absolute Gasteiger partial charge is 0.416 e. The van der Waals surface area contributed by atoms with Crippen molar-refractivity contribution in [1.29, 1.82) is 0 Å². The number of hydrogen-bond donors (Lipinski definition) is 1. The van der Waals surface area contributed by atoms with Crippen LogP contribution < -0.4 is 5.73 Å². The molecule has 0 heterocycles. The number of nitrogens with two attached hydrogens (primary N) is 1. The Hall–Kier alpha value is -1.88. The van der Waals surface area contributed by atoms with E-state index in [1.54, 1.807) is 0 Å². The maximum Gasteiger partial charge on any atom is 0.416 e. The van der Waals surface area contributed by atoms with Gasteiger partial charge in [-0.1, -0.05) is 30.3 Å². The average Bonchev–Trinajstić information content (AvgIpc) is 2.45. The quantitative estimate of drug-likeness (QED) is 0.827. The summed E-state index contributed by atoms with van der Waals surface area (Å²) in [5, 5.41) is 0. The van der Waals surface area contributed by atoms with Crippen molar-refractivity contribution in [2.24, 2.45) is 5.73 Å². The van der Waals surface area contributed by atoms with Crippen LogP contribution in [0.5, 0.6) is 0 Å². The zero-order valence-electron chi connectivity index (χ0n) is 11.2. The van der Waals surface area contributed by atoms with Crippen molar-refractivity contribution in [2.45, 2.75) is 25.1 Å². The van der Waals surface area contributed by atoms with Crippen LogP contribution in [0, 0.1) is 5.82 Å². The summed E-state index contributed by atoms with van der Waals surface area (Å²) in [6.45, 7) is 0. The molecule has 0 amide bonds. The number of alkyl halides is 3. The maximum absolute atomic E-state index is 13.7. The second-order valence-electron chi connectivity index (χ2n) is 4.86. The first-order chi connectivity index (χ1) is 9.88. The van der Waals surface area contributed by atoms with Crippen molar-refractivity contribution in [3.05, 3.63) is 71.0 Å². The Labute approximate surface area is 120 Å². The van der Waals surface area contributed by atoms with E-state index in [1.807, 2.05) is 30.3 Å². The molecule has 0 aliphatic rings. The van der Waals surface area contributed by atoms with Crippen LogP contribution in [0.1, 0.15) is 29.2 Å². The van der Waals surface area contributed by atoms with E-state index < -0.39 is 23.6 Å². The molecular weight excluding hydrogens is 282 g/mol. The summed E-state index contributed by atoms with van der Waals surface area (Å²) in [7, 11) is 0. The summed E-state index contributed by atoms with van der Waals surface area (Å²) in [6, 6.07) is 11.0. The minimum absolute atomic E-state index is 0.0965. The Bertz CT molecular complexity index is 593. The van der Waals surface area contributed by atoms with Gasteiger partial charge in [0.05, 0.1) is 5.56 Å². The first-order valence-corrected chi connectivity index (χ1v) is 6.54. The lowest BCUT2D eigenvalue weighted by molar-refractivity contribution is -0.137. The van der Waals surface area contributed by atoms with Gasteiger partial charge >= 0.3 is 6.18 Å². The van der Waals surface area contributed by atoms with Crippen LogP contribution >= 0.6 is 0 Å². The van der Waals surface area contributed by atoms with Crippen LogP contribution in [0.25, 0.3) is 0 Å². The zero-order valence-corrected chi connectivity index (χ0v) is 11.2. The normalized spacial score (nSPS) is 13.2. The molecule has 5 heteroatoms. The maximum atomic E-state index is 13.7. The Morgan fingerprint density at radius 1 is 1.00 bits per heavy atom. The lowest BCUT2D eigenvalue weighted by Crippen LogP contribution is -2.15. The summed E-state index contributed by atoms with van der Waals surface area (Å²) < 4.78 is 51.6. The molecule has 0 saturated heterocycles. The van der Waals surface area contributed by atoms with Gasteiger partial charge in [-0.05, 0) is 36.6 Å². The topological polar surface area (TPSA) is 26.0 Å². The highest BCUT2D eigenvalue weighted by molar-refractivity contribution is 5.29. The van der Waals surface area contributed by atoms with E-state index in [0.717, 1.165) is 23.8 Å². The molecule has 0 bridgehead atoms. The lowest BCUT2D eigenvalue weighted by atomic mass is 9.97. The Kier molecular flexibility index (Phi) is 4.63. The molecule has 0 aliphatic carbocycles. The van der Waals surface area contributed by atoms with Crippen LogP contribution in [0.3, 0.4) is 0 Å². The van der Waals surface area contributed by atoms with Gasteiger partial charge in [0, 0.05) is 11.6 Å². The zero-order chi connectivity index (χ0) is 15.5. The molecule has 0 spiro atoms. The van der Waals surface area contributed by atoms with Gasteiger partial charge in [0.25, 0.3) is 0 Å². The number of aryl methyl sites for hydroxylation is 1. The monoisotopic (exact) mass is 297 g/mol. The molecular formula is C16H15F4N. The van der Waals surface area contributed by atoms with E-state index in [0.29, 0.717) is 12.8 Å². The van der Waals surface area contributed by atoms with Gasteiger partial charge in [0.15, 0.2) is 0 Å². The van der Waals surface area contributed by atoms with Gasteiger partial charge < -0.3 is 5.73 Å². The highest BCUT2D eigenvalue weighted by Gasteiger charge is 2.31. The minimum atomic E-state index is -4.50. The van der Waals surface area contributed by atoms with Gasteiger partial charge in [0.1, 0.15) is 5.82 Å². The van der Waals surface area contributed by atoms with E-state index in [1.165, 1.54) is 0 Å². The summed E-state index contributed by atoms with van der Waals surface area (Å²) in [5.74, 6) is -0.705. The Morgan fingerprint density at radius 2 is 1.67 bits per heavy atom. The first-order valence-electron chi connectivity index (χ1n) is 6.54. The van der Waals surface area contributed by atoms with Gasteiger partial charge in [0.2, 0.25) is 0 Å². The lowest BCUT2D eigenvalue weighted by Gasteiger charge is -2.15. The second-order valence-corrected chi connectivity index (χ2v) is 4.86. The van der Waals surface area contributed by atoms with Crippen LogP contribution in [0.4, 0.5) is 17.6 Å². The fourth-order valence-corrected chi connectivity index (χ4v) is 2.13. The molecule has 2 aromatic carbocycles. The molecule has 1 unspecified atom stereocenters. The third-order valence-electron chi connectivity index (χ3n) is 3.31. The molecule has 1 atom stereocenters. The predicted octanol–water partition coefficient (Wildman–Crippen LogP) is 4.48. The van der Waals surface area contributed by atoms with Crippen LogP contribution in [0.2, 0.25) is 0 Å². The molecule has 2 N–H and O–H groups in total. The van der Waals surface area contributed by atoms with Gasteiger partial charge in [-0.2, -0.15) is 13.2 Å². The molecule has 112 valence electrons. The average molecular weight is 297 g/mol. The summed E-state index contributed by atoms with van der Waals surface area (Å²) in [5.41, 5.74) is 5.89. The molecule has 0 fully saturated rings. The molecule has 0 radical (unpaired) electrons. The van der Waals surface area contributed by atoms with E-state index >= 15 is 0 Å². The van der Waals surface area contributed by atoms with Crippen molar-refractivity contribution in [1.82, 2.24) is 0 Å². The van der Waals surface area contributed by atoms with E-state index in [9.17, 15) is 17.6 Å². The predicted molar refractivity (Wildman–Crippen MR) is 73.1 cm³/mol. The van der Waals surface area contributed by atoms with E-state index in [4.69, 9.17) is 5.73 Å². The molecule has 0 aliphatic heterocycles. The Balaban J connectivity index is 2.13. The van der Waals surface area contributed by atoms with Crippen molar-refractivity contribution < 1.29 is 17.6 Å². The Morgan fingerprint density at radius 3 is 2.29 bits per heavy atom. The second kappa shape index (κ2) is 6.26. The van der Waals surface area contributed by atoms with Gasteiger partial charge in [-0.3, -0.25) is 0 Å². The fourth-order valence-electron chi connectivity index (χ4n) is 2.13. The van der Waals surface area contributed by atoms with Crippen molar-refractivity contribution in [3.8, 4) is 0 Å². The van der Waals surface area contributed by atoms with Crippen LogP contribution in [-0.2, 0) is 12.6 Å². The van der Waals surface area contributed by atoms with Crippen molar-refractivity contribution in [2.75, 3.05) is 0 Å². The van der Waals surface area contributed by atoms with Crippen molar-refractivity contribution in [3.63, 3.8) is 0 Å². The SMILES string of the molecule is NC(CCc1ccccc1)c1cc(C(F)(F)F)ccc1F.